The first-order valence-corrected chi connectivity index (χ1v) is 10.4. The molecule has 0 spiro atoms. The molecule has 3 aliphatic carbocycles. The van der Waals surface area contributed by atoms with Crippen LogP contribution in [0.25, 0.3) is 11.5 Å². The lowest BCUT2D eigenvalue weighted by molar-refractivity contribution is -0.156. The molecule has 3 heterocycles. The number of nitrogens with zero attached hydrogens (tertiary/aromatic N) is 4. The molecule has 0 aromatic heterocycles. The number of carboxylic acid groups (broad SMARTS) is 1. The van der Waals surface area contributed by atoms with E-state index in [1.54, 1.807) is 9.13 Å². The highest BCUT2D eigenvalue weighted by molar-refractivity contribution is 5.75. The van der Waals surface area contributed by atoms with Crippen LogP contribution in [0.1, 0.15) is 64.6 Å². The second-order valence-electron chi connectivity index (χ2n) is 9.02. The lowest BCUT2D eigenvalue weighted by Gasteiger charge is -2.50. The lowest BCUT2D eigenvalue weighted by atomic mass is 9.53. The minimum Gasteiger partial charge on any atom is -0.481 e. The smallest absolute Gasteiger partial charge is 0.331 e. The number of rotatable bonds is 4. The third kappa shape index (κ3) is 2.23. The molecule has 8 heteroatoms. The number of nitrogens with one attached hydrogen (secondary N) is 1. The molecule has 28 heavy (non-hydrogen) atoms. The number of anilines is 1. The van der Waals surface area contributed by atoms with Gasteiger partial charge in [-0.3, -0.25) is 13.9 Å². The van der Waals surface area contributed by atoms with Crippen molar-refractivity contribution in [3.05, 3.63) is 16.3 Å². The van der Waals surface area contributed by atoms with E-state index in [0.29, 0.717) is 38.2 Å². The number of carbonyl (C=O) groups is 1. The predicted octanol–water partition coefficient (Wildman–Crippen LogP) is 2.45. The van der Waals surface area contributed by atoms with Crippen LogP contribution in [0.4, 0.5) is 5.82 Å². The molecular formula is C20H27N5O3. The highest BCUT2D eigenvalue weighted by Crippen LogP contribution is 2.57. The number of aromatic nitrogens is 4. The van der Waals surface area contributed by atoms with Gasteiger partial charge in [0, 0.05) is 24.5 Å². The second kappa shape index (κ2) is 5.81. The fourth-order valence-corrected chi connectivity index (χ4v) is 5.51. The van der Waals surface area contributed by atoms with Crippen molar-refractivity contribution in [2.75, 3.05) is 5.32 Å². The summed E-state index contributed by atoms with van der Waals surface area (Å²) in [4.78, 5) is 34.6. The molecular weight excluding hydrogens is 358 g/mol. The molecule has 0 amide bonds. The third-order valence-corrected chi connectivity index (χ3v) is 7.31. The quantitative estimate of drug-likeness (QED) is 0.838. The number of carboxylic acids is 1. The summed E-state index contributed by atoms with van der Waals surface area (Å²) in [5.74, 6) is 1.60. The number of hydrogen-bond donors (Lipinski definition) is 2. The summed E-state index contributed by atoms with van der Waals surface area (Å²) in [6.07, 6.45) is 5.36. The van der Waals surface area contributed by atoms with Crippen LogP contribution < -0.4 is 11.0 Å². The summed E-state index contributed by atoms with van der Waals surface area (Å²) in [7, 11) is 0. The normalized spacial score (nSPS) is 31.1. The van der Waals surface area contributed by atoms with Gasteiger partial charge >= 0.3 is 11.7 Å². The van der Waals surface area contributed by atoms with Gasteiger partial charge in [0.1, 0.15) is 17.3 Å². The SMILES string of the molecule is CCCn1c2nc(C34CCC(C(=O)O)(CC3)CC4)nc-2c2n(c1=O)C[C@@H](C)N2. The zero-order valence-electron chi connectivity index (χ0n) is 16.5. The van der Waals surface area contributed by atoms with Crippen molar-refractivity contribution < 1.29 is 9.90 Å². The molecule has 3 saturated carbocycles. The van der Waals surface area contributed by atoms with E-state index < -0.39 is 11.4 Å². The van der Waals surface area contributed by atoms with Gasteiger partial charge in [0.2, 0.25) is 0 Å². The van der Waals surface area contributed by atoms with E-state index in [4.69, 9.17) is 9.97 Å². The molecule has 0 saturated heterocycles. The van der Waals surface area contributed by atoms with Gasteiger partial charge in [-0.2, -0.15) is 0 Å². The number of hydrogen-bond acceptors (Lipinski definition) is 5. The fraction of sp³-hybridized carbons (Fsp3) is 0.700. The Morgan fingerprint density at radius 3 is 2.50 bits per heavy atom. The number of imidazole rings is 1. The Morgan fingerprint density at radius 2 is 1.89 bits per heavy atom. The van der Waals surface area contributed by atoms with Crippen molar-refractivity contribution in [1.29, 1.82) is 0 Å². The molecule has 8 nitrogen and oxygen atoms in total. The van der Waals surface area contributed by atoms with Crippen molar-refractivity contribution in [3.63, 3.8) is 0 Å². The zero-order chi connectivity index (χ0) is 19.7. The number of aliphatic carboxylic acids is 1. The Kier molecular flexibility index (Phi) is 3.67. The average Bonchev–Trinajstić information content (AvgIpc) is 3.31. The third-order valence-electron chi connectivity index (χ3n) is 7.31. The van der Waals surface area contributed by atoms with Crippen LogP contribution in [0, 0.1) is 5.41 Å². The molecule has 2 bridgehead atoms. The van der Waals surface area contributed by atoms with Gasteiger partial charge in [-0.15, -0.1) is 0 Å². The maximum Gasteiger partial charge on any atom is 0.331 e. The molecule has 0 radical (unpaired) electrons. The van der Waals surface area contributed by atoms with Crippen LogP contribution >= 0.6 is 0 Å². The van der Waals surface area contributed by atoms with Gasteiger partial charge < -0.3 is 10.4 Å². The Balaban J connectivity index is 1.63. The van der Waals surface area contributed by atoms with Gasteiger partial charge in [-0.05, 0) is 51.9 Å². The Hall–Kier alpha value is -2.38. The molecule has 150 valence electrons. The van der Waals surface area contributed by atoms with Crippen molar-refractivity contribution in [1.82, 2.24) is 19.1 Å². The summed E-state index contributed by atoms with van der Waals surface area (Å²) in [6, 6.07) is 0.187. The van der Waals surface area contributed by atoms with Crippen molar-refractivity contribution in [2.24, 2.45) is 5.41 Å². The van der Waals surface area contributed by atoms with Crippen molar-refractivity contribution >= 4 is 11.8 Å². The summed E-state index contributed by atoms with van der Waals surface area (Å²) >= 11 is 0. The molecule has 6 rings (SSSR count). The molecule has 3 aliphatic heterocycles. The monoisotopic (exact) mass is 385 g/mol. The van der Waals surface area contributed by atoms with E-state index in [1.807, 2.05) is 0 Å². The molecule has 0 aromatic rings. The Bertz CT molecular complexity index is 966. The highest BCUT2D eigenvalue weighted by atomic mass is 16.4. The minimum atomic E-state index is -0.654. The van der Waals surface area contributed by atoms with Gasteiger partial charge in [0.15, 0.2) is 5.82 Å². The van der Waals surface area contributed by atoms with Crippen LogP contribution in [0.5, 0.6) is 0 Å². The molecule has 3 fully saturated rings. The molecule has 6 aliphatic rings. The van der Waals surface area contributed by atoms with Gasteiger partial charge in [0.05, 0.1) is 5.41 Å². The first-order valence-electron chi connectivity index (χ1n) is 10.4. The zero-order valence-corrected chi connectivity index (χ0v) is 16.5. The highest BCUT2D eigenvalue weighted by Gasteiger charge is 2.55. The van der Waals surface area contributed by atoms with E-state index in [2.05, 4.69) is 19.2 Å². The van der Waals surface area contributed by atoms with Crippen LogP contribution in [-0.2, 0) is 23.3 Å². The standard InChI is InChI=1S/C20H27N5O3/c1-3-10-24-15-13(14-21-12(2)11-25(14)18(24)28)22-16(23-15)19-4-7-20(8-5-19,9-6-19)17(26)27/h12,21H,3-11H2,1-2H3,(H,26,27)/t12-,19?,20?/m1/s1. The topological polar surface area (TPSA) is 102 Å². The van der Waals surface area contributed by atoms with E-state index in [-0.39, 0.29) is 17.1 Å². The number of fused-ring (bicyclic) bond motifs is 6. The van der Waals surface area contributed by atoms with Crippen LogP contribution in [0.2, 0.25) is 0 Å². The average molecular weight is 385 g/mol. The Labute approximate surface area is 163 Å². The molecule has 2 N–H and O–H groups in total. The van der Waals surface area contributed by atoms with Crippen LogP contribution in [-0.4, -0.2) is 36.2 Å². The largest absolute Gasteiger partial charge is 0.481 e. The first kappa shape index (κ1) is 17.7. The maximum absolute atomic E-state index is 13.0. The predicted molar refractivity (Wildman–Crippen MR) is 104 cm³/mol. The van der Waals surface area contributed by atoms with Crippen LogP contribution in [0.15, 0.2) is 4.79 Å². The summed E-state index contributed by atoms with van der Waals surface area (Å²) in [5, 5.41) is 13.1. The van der Waals surface area contributed by atoms with E-state index in [1.165, 1.54) is 0 Å². The summed E-state index contributed by atoms with van der Waals surface area (Å²) in [5.41, 5.74) is 0.0572. The van der Waals surface area contributed by atoms with Gasteiger partial charge in [-0.25, -0.2) is 14.8 Å². The van der Waals surface area contributed by atoms with E-state index >= 15 is 0 Å². The fourth-order valence-electron chi connectivity index (χ4n) is 5.51. The summed E-state index contributed by atoms with van der Waals surface area (Å²) < 4.78 is 3.55. The molecule has 1 atom stereocenters. The van der Waals surface area contributed by atoms with Crippen LogP contribution in [0.3, 0.4) is 0 Å². The second-order valence-corrected chi connectivity index (χ2v) is 9.02. The van der Waals surface area contributed by atoms with E-state index in [0.717, 1.165) is 43.0 Å². The minimum absolute atomic E-state index is 0.0256. The summed E-state index contributed by atoms with van der Waals surface area (Å²) in [6.45, 7) is 5.38. The van der Waals surface area contributed by atoms with Gasteiger partial charge in [-0.1, -0.05) is 6.92 Å². The first-order chi connectivity index (χ1) is 13.4. The maximum atomic E-state index is 13.0. The Morgan fingerprint density at radius 1 is 1.21 bits per heavy atom. The van der Waals surface area contributed by atoms with E-state index in [9.17, 15) is 14.7 Å². The van der Waals surface area contributed by atoms with Crippen molar-refractivity contribution in [3.8, 4) is 11.5 Å². The molecule has 0 aromatic carbocycles. The molecule has 0 unspecified atom stereocenters. The van der Waals surface area contributed by atoms with Crippen molar-refractivity contribution in [2.45, 2.75) is 83.3 Å². The van der Waals surface area contributed by atoms with Gasteiger partial charge in [0.25, 0.3) is 0 Å². The lowest BCUT2D eigenvalue weighted by Crippen LogP contribution is -2.48.